The minimum Gasteiger partial charge on any atom is -0.299 e. The van der Waals surface area contributed by atoms with Gasteiger partial charge in [-0.15, -0.1) is 0 Å². The maximum Gasteiger partial charge on any atom is 0.135 e. The summed E-state index contributed by atoms with van der Waals surface area (Å²) in [6, 6.07) is 0. The molecule has 0 saturated carbocycles. The van der Waals surface area contributed by atoms with E-state index in [2.05, 4.69) is 13.8 Å². The Morgan fingerprint density at radius 1 is 0.591 bits per heavy atom. The molecule has 0 atom stereocenters. The summed E-state index contributed by atoms with van der Waals surface area (Å²) in [7, 11) is 0. The number of carbonyl (C=O) groups is 1. The maximum absolute atomic E-state index is 11.5. The van der Waals surface area contributed by atoms with Gasteiger partial charge in [0.15, 0.2) is 0 Å². The van der Waals surface area contributed by atoms with Crippen molar-refractivity contribution in [3.63, 3.8) is 0 Å². The van der Waals surface area contributed by atoms with Gasteiger partial charge in [0.1, 0.15) is 5.78 Å². The quantitative estimate of drug-likeness (QED) is 0.273. The van der Waals surface area contributed by atoms with Crippen LogP contribution in [0.5, 0.6) is 0 Å². The van der Waals surface area contributed by atoms with Gasteiger partial charge in [-0.05, 0) is 12.3 Å². The third kappa shape index (κ3) is 16.0. The average molecular weight is 311 g/mol. The average Bonchev–Trinajstić information content (AvgIpc) is 2.46. The molecule has 132 valence electrons. The molecule has 0 amide bonds. The van der Waals surface area contributed by atoms with Crippen molar-refractivity contribution in [1.29, 1.82) is 0 Å². The Morgan fingerprint density at radius 2 is 0.955 bits per heavy atom. The Kier molecular flexibility index (Phi) is 15.3. The summed E-state index contributed by atoms with van der Waals surface area (Å²) in [6.45, 7) is 8.66. The first-order valence-electron chi connectivity index (χ1n) is 10.1. The molecular weight excluding hydrogens is 268 g/mol. The smallest absolute Gasteiger partial charge is 0.135 e. The molecule has 0 radical (unpaired) electrons. The van der Waals surface area contributed by atoms with Crippen LogP contribution in [0, 0.1) is 11.8 Å². The van der Waals surface area contributed by atoms with Crippen LogP contribution in [0.25, 0.3) is 0 Å². The van der Waals surface area contributed by atoms with E-state index in [0.29, 0.717) is 5.78 Å². The minimum atomic E-state index is 0.227. The second-order valence-electron chi connectivity index (χ2n) is 7.80. The molecule has 0 N–H and O–H groups in total. The van der Waals surface area contributed by atoms with Crippen LogP contribution in [-0.4, -0.2) is 5.78 Å². The van der Waals surface area contributed by atoms with Crippen LogP contribution in [-0.2, 0) is 4.79 Å². The molecule has 0 saturated heterocycles. The molecule has 0 unspecified atom stereocenters. The summed E-state index contributed by atoms with van der Waals surface area (Å²) in [5, 5.41) is 0. The van der Waals surface area contributed by atoms with Crippen LogP contribution in [0.15, 0.2) is 0 Å². The minimum absolute atomic E-state index is 0.227. The first kappa shape index (κ1) is 21.7. The van der Waals surface area contributed by atoms with Crippen molar-refractivity contribution < 1.29 is 4.79 Å². The molecule has 0 bridgehead atoms. The van der Waals surface area contributed by atoms with Gasteiger partial charge in [0.25, 0.3) is 0 Å². The van der Waals surface area contributed by atoms with E-state index in [4.69, 9.17) is 0 Å². The third-order valence-electron chi connectivity index (χ3n) is 4.60. The number of hydrogen-bond acceptors (Lipinski definition) is 1. The molecular formula is C21H42O. The first-order valence-corrected chi connectivity index (χ1v) is 10.1. The van der Waals surface area contributed by atoms with Crippen LogP contribution in [0.2, 0.25) is 0 Å². The Morgan fingerprint density at radius 3 is 1.32 bits per heavy atom. The molecule has 0 aliphatic carbocycles. The van der Waals surface area contributed by atoms with Crippen LogP contribution in [0.1, 0.15) is 118 Å². The van der Waals surface area contributed by atoms with Crippen molar-refractivity contribution in [3.8, 4) is 0 Å². The lowest BCUT2D eigenvalue weighted by atomic mass is 10.0. The molecule has 0 aromatic rings. The standard InChI is InChI=1S/C21H42O/c1-19(2)17-15-13-11-9-7-5-6-8-10-12-14-16-18-21(22)20(3)4/h19-20H,5-18H2,1-4H3. The monoisotopic (exact) mass is 310 g/mol. The lowest BCUT2D eigenvalue weighted by molar-refractivity contribution is -0.122. The Labute approximate surface area is 140 Å². The number of carbonyl (C=O) groups excluding carboxylic acids is 1. The predicted molar refractivity (Wildman–Crippen MR) is 99.3 cm³/mol. The molecule has 0 aromatic heterocycles. The number of ketones is 1. The summed E-state index contributed by atoms with van der Waals surface area (Å²) in [5.41, 5.74) is 0. The van der Waals surface area contributed by atoms with E-state index in [-0.39, 0.29) is 5.92 Å². The predicted octanol–water partition coefficient (Wildman–Crippen LogP) is 7.33. The van der Waals surface area contributed by atoms with Crippen LogP contribution in [0.4, 0.5) is 0 Å². The fraction of sp³-hybridized carbons (Fsp3) is 0.952. The van der Waals surface area contributed by atoms with Gasteiger partial charge in [0.05, 0.1) is 0 Å². The fourth-order valence-electron chi connectivity index (χ4n) is 2.91. The summed E-state index contributed by atoms with van der Waals surface area (Å²) in [4.78, 5) is 11.5. The van der Waals surface area contributed by atoms with Gasteiger partial charge in [0, 0.05) is 12.3 Å². The number of hydrogen-bond donors (Lipinski definition) is 0. The SMILES string of the molecule is CC(C)CCCCCCCCCCCCCCC(=O)C(C)C. The fourth-order valence-corrected chi connectivity index (χ4v) is 2.91. The summed E-state index contributed by atoms with van der Waals surface area (Å²) < 4.78 is 0. The van der Waals surface area contributed by atoms with Gasteiger partial charge in [-0.1, -0.05) is 105 Å². The second-order valence-corrected chi connectivity index (χ2v) is 7.80. The molecule has 1 nitrogen and oxygen atoms in total. The second kappa shape index (κ2) is 15.6. The zero-order valence-corrected chi connectivity index (χ0v) is 16.0. The van der Waals surface area contributed by atoms with Gasteiger partial charge in [-0.2, -0.15) is 0 Å². The first-order chi connectivity index (χ1) is 10.5. The van der Waals surface area contributed by atoms with Gasteiger partial charge in [-0.3, -0.25) is 4.79 Å². The lowest BCUT2D eigenvalue weighted by Gasteiger charge is -2.05. The summed E-state index contributed by atoms with van der Waals surface area (Å²) in [6.07, 6.45) is 18.7. The lowest BCUT2D eigenvalue weighted by Crippen LogP contribution is -2.05. The molecule has 1 heteroatoms. The molecule has 0 aliphatic heterocycles. The van der Waals surface area contributed by atoms with Crippen molar-refractivity contribution in [3.05, 3.63) is 0 Å². The van der Waals surface area contributed by atoms with Crippen LogP contribution >= 0.6 is 0 Å². The van der Waals surface area contributed by atoms with Gasteiger partial charge in [-0.25, -0.2) is 0 Å². The molecule has 0 heterocycles. The highest BCUT2D eigenvalue weighted by Gasteiger charge is 2.05. The summed E-state index contributed by atoms with van der Waals surface area (Å²) in [5.74, 6) is 1.54. The van der Waals surface area contributed by atoms with Gasteiger partial charge < -0.3 is 0 Å². The maximum atomic E-state index is 11.5. The zero-order valence-electron chi connectivity index (χ0n) is 16.0. The highest BCUT2D eigenvalue weighted by molar-refractivity contribution is 5.80. The highest BCUT2D eigenvalue weighted by atomic mass is 16.1. The van der Waals surface area contributed by atoms with E-state index >= 15 is 0 Å². The molecule has 0 aliphatic rings. The van der Waals surface area contributed by atoms with Crippen LogP contribution < -0.4 is 0 Å². The number of Topliss-reactive ketones (excluding diaryl/α,β-unsaturated/α-hetero) is 1. The normalized spacial score (nSPS) is 11.5. The number of unbranched alkanes of at least 4 members (excludes halogenated alkanes) is 11. The van der Waals surface area contributed by atoms with E-state index < -0.39 is 0 Å². The van der Waals surface area contributed by atoms with Gasteiger partial charge >= 0.3 is 0 Å². The molecule has 22 heavy (non-hydrogen) atoms. The van der Waals surface area contributed by atoms with Gasteiger partial charge in [0.2, 0.25) is 0 Å². The topological polar surface area (TPSA) is 17.1 Å². The van der Waals surface area contributed by atoms with E-state index in [1.807, 2.05) is 13.8 Å². The van der Waals surface area contributed by atoms with E-state index in [1.165, 1.54) is 77.0 Å². The largest absolute Gasteiger partial charge is 0.299 e. The van der Waals surface area contributed by atoms with E-state index in [9.17, 15) is 4.79 Å². The number of rotatable bonds is 16. The van der Waals surface area contributed by atoms with E-state index in [1.54, 1.807) is 0 Å². The van der Waals surface area contributed by atoms with Crippen molar-refractivity contribution in [1.82, 2.24) is 0 Å². The van der Waals surface area contributed by atoms with E-state index in [0.717, 1.165) is 18.8 Å². The van der Waals surface area contributed by atoms with Crippen molar-refractivity contribution in [2.45, 2.75) is 118 Å². The molecule has 0 aromatic carbocycles. The molecule has 0 fully saturated rings. The highest BCUT2D eigenvalue weighted by Crippen LogP contribution is 2.14. The van der Waals surface area contributed by atoms with Crippen molar-refractivity contribution >= 4 is 5.78 Å². The Bertz CT molecular complexity index is 242. The Hall–Kier alpha value is -0.330. The molecule has 0 spiro atoms. The van der Waals surface area contributed by atoms with Crippen LogP contribution in [0.3, 0.4) is 0 Å². The van der Waals surface area contributed by atoms with Crippen molar-refractivity contribution in [2.24, 2.45) is 11.8 Å². The zero-order chi connectivity index (χ0) is 16.6. The Balaban J connectivity index is 3.07. The summed E-state index contributed by atoms with van der Waals surface area (Å²) >= 11 is 0. The molecule has 0 rings (SSSR count). The van der Waals surface area contributed by atoms with Crippen molar-refractivity contribution in [2.75, 3.05) is 0 Å². The third-order valence-corrected chi connectivity index (χ3v) is 4.60.